The van der Waals surface area contributed by atoms with Crippen LogP contribution >= 0.6 is 11.6 Å². The number of fused-ring (bicyclic) bond motifs is 1. The van der Waals surface area contributed by atoms with Gasteiger partial charge in [0, 0.05) is 24.4 Å². The van der Waals surface area contributed by atoms with Crippen LogP contribution in [0.25, 0.3) is 11.0 Å². The van der Waals surface area contributed by atoms with E-state index < -0.39 is 0 Å². The Morgan fingerprint density at radius 1 is 1.22 bits per heavy atom. The highest BCUT2D eigenvalue weighted by Gasteiger charge is 2.15. The standard InChI is InChI=1S/C13H16ClNO3/c1-3-16-9-7-11(17-4-2)13-10(5-6-14)15-18-12(13)8-9/h7-8H,3-6H2,1-2H3. The summed E-state index contributed by atoms with van der Waals surface area (Å²) in [6.07, 6.45) is 0.655. The smallest absolute Gasteiger partial charge is 0.174 e. The third-order valence-corrected chi connectivity index (χ3v) is 2.71. The molecule has 98 valence electrons. The largest absolute Gasteiger partial charge is 0.494 e. The van der Waals surface area contributed by atoms with Crippen molar-refractivity contribution in [2.45, 2.75) is 20.3 Å². The second-order valence-corrected chi connectivity index (χ2v) is 4.11. The van der Waals surface area contributed by atoms with Crippen LogP contribution in [0, 0.1) is 0 Å². The molecule has 0 bridgehead atoms. The van der Waals surface area contributed by atoms with Gasteiger partial charge < -0.3 is 14.0 Å². The van der Waals surface area contributed by atoms with E-state index in [2.05, 4.69) is 5.16 Å². The highest BCUT2D eigenvalue weighted by molar-refractivity contribution is 6.18. The van der Waals surface area contributed by atoms with E-state index in [0.29, 0.717) is 31.1 Å². The second kappa shape index (κ2) is 5.96. The summed E-state index contributed by atoms with van der Waals surface area (Å²) >= 11 is 5.76. The maximum Gasteiger partial charge on any atom is 0.174 e. The summed E-state index contributed by atoms with van der Waals surface area (Å²) in [6, 6.07) is 3.69. The lowest BCUT2D eigenvalue weighted by Crippen LogP contribution is -1.97. The van der Waals surface area contributed by atoms with E-state index in [1.807, 2.05) is 26.0 Å². The van der Waals surface area contributed by atoms with Gasteiger partial charge in [0.1, 0.15) is 11.5 Å². The van der Waals surface area contributed by atoms with Crippen LogP contribution in [0.1, 0.15) is 19.5 Å². The fraction of sp³-hybridized carbons (Fsp3) is 0.462. The van der Waals surface area contributed by atoms with Crippen molar-refractivity contribution < 1.29 is 14.0 Å². The van der Waals surface area contributed by atoms with Crippen molar-refractivity contribution in [3.8, 4) is 11.5 Å². The summed E-state index contributed by atoms with van der Waals surface area (Å²) < 4.78 is 16.4. The number of ether oxygens (including phenoxy) is 2. The Kier molecular flexibility index (Phi) is 4.31. The first kappa shape index (κ1) is 13.0. The number of aromatic nitrogens is 1. The van der Waals surface area contributed by atoms with E-state index in [4.69, 9.17) is 25.6 Å². The number of benzene rings is 1. The monoisotopic (exact) mass is 269 g/mol. The Labute approximate surface area is 111 Å². The van der Waals surface area contributed by atoms with Crippen molar-refractivity contribution in [3.63, 3.8) is 0 Å². The van der Waals surface area contributed by atoms with Gasteiger partial charge in [-0.05, 0) is 13.8 Å². The van der Waals surface area contributed by atoms with Crippen molar-refractivity contribution in [3.05, 3.63) is 17.8 Å². The van der Waals surface area contributed by atoms with E-state index in [1.165, 1.54) is 0 Å². The topological polar surface area (TPSA) is 44.5 Å². The van der Waals surface area contributed by atoms with Gasteiger partial charge in [-0.1, -0.05) is 5.16 Å². The van der Waals surface area contributed by atoms with E-state index >= 15 is 0 Å². The van der Waals surface area contributed by atoms with Crippen molar-refractivity contribution >= 4 is 22.6 Å². The maximum atomic E-state index is 5.76. The summed E-state index contributed by atoms with van der Waals surface area (Å²) in [6.45, 7) is 5.05. The maximum absolute atomic E-state index is 5.76. The molecule has 1 aromatic heterocycles. The molecule has 0 atom stereocenters. The number of nitrogens with zero attached hydrogens (tertiary/aromatic N) is 1. The first-order chi connectivity index (χ1) is 8.80. The molecule has 2 aromatic rings. The van der Waals surface area contributed by atoms with Crippen LogP contribution in [-0.2, 0) is 6.42 Å². The molecular weight excluding hydrogens is 254 g/mol. The molecule has 1 heterocycles. The Morgan fingerprint density at radius 2 is 2.00 bits per heavy atom. The summed E-state index contributed by atoms with van der Waals surface area (Å²) in [5.74, 6) is 1.96. The Hall–Kier alpha value is -1.42. The van der Waals surface area contributed by atoms with Crippen LogP contribution in [0.3, 0.4) is 0 Å². The molecule has 0 unspecified atom stereocenters. The fourth-order valence-corrected chi connectivity index (χ4v) is 2.03. The summed E-state index contributed by atoms with van der Waals surface area (Å²) in [4.78, 5) is 0. The Morgan fingerprint density at radius 3 is 2.67 bits per heavy atom. The van der Waals surface area contributed by atoms with Crippen molar-refractivity contribution in [2.75, 3.05) is 19.1 Å². The normalized spacial score (nSPS) is 10.8. The lowest BCUT2D eigenvalue weighted by atomic mass is 10.1. The van der Waals surface area contributed by atoms with Crippen LogP contribution in [0.2, 0.25) is 0 Å². The average Bonchev–Trinajstić information content (AvgIpc) is 2.74. The number of hydrogen-bond donors (Lipinski definition) is 0. The number of hydrogen-bond acceptors (Lipinski definition) is 4. The molecule has 0 saturated heterocycles. The number of halogens is 1. The lowest BCUT2D eigenvalue weighted by molar-refractivity contribution is 0.325. The quantitative estimate of drug-likeness (QED) is 0.754. The van der Waals surface area contributed by atoms with Crippen LogP contribution in [0.15, 0.2) is 16.7 Å². The molecule has 0 fully saturated rings. The lowest BCUT2D eigenvalue weighted by Gasteiger charge is -2.08. The molecule has 4 nitrogen and oxygen atoms in total. The molecular formula is C13H16ClNO3. The van der Waals surface area contributed by atoms with Gasteiger partial charge in [0.15, 0.2) is 5.58 Å². The average molecular weight is 270 g/mol. The summed E-state index contributed by atoms with van der Waals surface area (Å²) in [5, 5.41) is 4.92. The van der Waals surface area contributed by atoms with E-state index in [9.17, 15) is 0 Å². The molecule has 2 rings (SSSR count). The molecule has 18 heavy (non-hydrogen) atoms. The summed E-state index contributed by atoms with van der Waals surface area (Å²) in [5.41, 5.74) is 1.50. The first-order valence-corrected chi connectivity index (χ1v) is 6.57. The minimum absolute atomic E-state index is 0.500. The Bertz CT molecular complexity index is 524. The zero-order chi connectivity index (χ0) is 13.0. The van der Waals surface area contributed by atoms with Gasteiger partial charge in [0.25, 0.3) is 0 Å². The van der Waals surface area contributed by atoms with Crippen molar-refractivity contribution in [1.82, 2.24) is 5.16 Å². The van der Waals surface area contributed by atoms with E-state index in [1.54, 1.807) is 0 Å². The molecule has 0 aliphatic carbocycles. The number of aryl methyl sites for hydroxylation is 1. The van der Waals surface area contributed by atoms with Gasteiger partial charge in [-0.2, -0.15) is 0 Å². The predicted molar refractivity (Wildman–Crippen MR) is 70.8 cm³/mol. The van der Waals surface area contributed by atoms with Crippen molar-refractivity contribution in [2.24, 2.45) is 0 Å². The molecule has 0 N–H and O–H groups in total. The molecule has 0 aliphatic heterocycles. The van der Waals surface area contributed by atoms with Gasteiger partial charge in [-0.25, -0.2) is 0 Å². The van der Waals surface area contributed by atoms with Crippen LogP contribution < -0.4 is 9.47 Å². The van der Waals surface area contributed by atoms with Crippen LogP contribution in [0.4, 0.5) is 0 Å². The molecule has 0 amide bonds. The molecule has 0 aliphatic rings. The highest BCUT2D eigenvalue weighted by Crippen LogP contribution is 2.34. The molecule has 0 saturated carbocycles. The van der Waals surface area contributed by atoms with Gasteiger partial charge in [0.2, 0.25) is 0 Å². The predicted octanol–water partition coefficient (Wildman–Crippen LogP) is 3.41. The van der Waals surface area contributed by atoms with Gasteiger partial charge in [-0.15, -0.1) is 11.6 Å². The van der Waals surface area contributed by atoms with Crippen LogP contribution in [-0.4, -0.2) is 24.3 Å². The van der Waals surface area contributed by atoms with Gasteiger partial charge in [0.05, 0.1) is 24.3 Å². The molecule has 1 aromatic carbocycles. The van der Waals surface area contributed by atoms with Crippen LogP contribution in [0.5, 0.6) is 11.5 Å². The molecule has 0 spiro atoms. The zero-order valence-corrected chi connectivity index (χ0v) is 11.3. The minimum atomic E-state index is 0.500. The number of alkyl halides is 1. The molecule has 0 radical (unpaired) electrons. The van der Waals surface area contributed by atoms with Crippen molar-refractivity contribution in [1.29, 1.82) is 0 Å². The Balaban J connectivity index is 2.52. The van der Waals surface area contributed by atoms with Gasteiger partial charge in [-0.3, -0.25) is 0 Å². The highest BCUT2D eigenvalue weighted by atomic mass is 35.5. The van der Waals surface area contributed by atoms with E-state index in [-0.39, 0.29) is 0 Å². The third-order valence-electron chi connectivity index (χ3n) is 2.52. The summed E-state index contributed by atoms with van der Waals surface area (Å²) in [7, 11) is 0. The number of rotatable bonds is 6. The minimum Gasteiger partial charge on any atom is -0.494 e. The molecule has 5 heteroatoms. The zero-order valence-electron chi connectivity index (χ0n) is 10.5. The van der Waals surface area contributed by atoms with Gasteiger partial charge >= 0.3 is 0 Å². The third kappa shape index (κ3) is 2.53. The van der Waals surface area contributed by atoms with E-state index in [0.717, 1.165) is 22.6 Å². The SMILES string of the molecule is CCOc1cc(OCC)c2c(CCCl)noc2c1. The first-order valence-electron chi connectivity index (χ1n) is 6.04. The second-order valence-electron chi connectivity index (χ2n) is 3.73. The fourth-order valence-electron chi connectivity index (χ4n) is 1.85.